The van der Waals surface area contributed by atoms with Gasteiger partial charge in [-0.2, -0.15) is 0 Å². The van der Waals surface area contributed by atoms with Crippen LogP contribution in [0.25, 0.3) is 0 Å². The van der Waals surface area contributed by atoms with Gasteiger partial charge in [-0.05, 0) is 30.0 Å². The topological polar surface area (TPSA) is 46.2 Å². The Morgan fingerprint density at radius 1 is 1.19 bits per heavy atom. The molecule has 0 saturated carbocycles. The van der Waals surface area contributed by atoms with Crippen molar-refractivity contribution in [2.75, 3.05) is 0 Å². The van der Waals surface area contributed by atoms with Gasteiger partial charge in [0.15, 0.2) is 0 Å². The van der Waals surface area contributed by atoms with Gasteiger partial charge in [-0.1, -0.05) is 13.8 Å². The lowest BCUT2D eigenvalue weighted by atomic mass is 9.95. The van der Waals surface area contributed by atoms with E-state index in [1.54, 1.807) is 0 Å². The highest BCUT2D eigenvalue weighted by Gasteiger charge is 2.19. The van der Waals surface area contributed by atoms with E-state index in [0.717, 1.165) is 18.2 Å². The minimum absolute atomic E-state index is 0.277. The summed E-state index contributed by atoms with van der Waals surface area (Å²) in [5, 5.41) is 9.75. The second-order valence-electron chi connectivity index (χ2n) is 4.43. The molecule has 4 heteroatoms. The summed E-state index contributed by atoms with van der Waals surface area (Å²) in [6, 6.07) is 2.33. The van der Waals surface area contributed by atoms with Gasteiger partial charge in [0, 0.05) is 6.07 Å². The molecule has 0 aliphatic rings. The fourth-order valence-electron chi connectivity index (χ4n) is 1.62. The predicted molar refractivity (Wildman–Crippen MR) is 58.7 cm³/mol. The molecule has 0 unspecified atom stereocenters. The Hall–Kier alpha value is -1.00. The number of aliphatic hydroxyl groups is 1. The summed E-state index contributed by atoms with van der Waals surface area (Å²) in [6.07, 6.45) is -0.291. The molecule has 0 aliphatic heterocycles. The third kappa shape index (κ3) is 3.54. The van der Waals surface area contributed by atoms with E-state index < -0.39 is 23.8 Å². The van der Waals surface area contributed by atoms with Gasteiger partial charge in [0.1, 0.15) is 11.6 Å². The molecule has 0 fully saturated rings. The number of aliphatic hydroxyl groups excluding tert-OH is 1. The van der Waals surface area contributed by atoms with Gasteiger partial charge in [0.2, 0.25) is 0 Å². The van der Waals surface area contributed by atoms with E-state index in [-0.39, 0.29) is 11.5 Å². The highest BCUT2D eigenvalue weighted by atomic mass is 19.1. The molecule has 0 saturated heterocycles. The van der Waals surface area contributed by atoms with Gasteiger partial charge in [0.05, 0.1) is 12.1 Å². The van der Waals surface area contributed by atoms with Crippen LogP contribution in [0.5, 0.6) is 0 Å². The van der Waals surface area contributed by atoms with Crippen molar-refractivity contribution in [2.24, 2.45) is 11.7 Å². The molecule has 16 heavy (non-hydrogen) atoms. The van der Waals surface area contributed by atoms with E-state index >= 15 is 0 Å². The summed E-state index contributed by atoms with van der Waals surface area (Å²) < 4.78 is 25.9. The Kier molecular flexibility index (Phi) is 4.38. The molecule has 2 atom stereocenters. The summed E-state index contributed by atoms with van der Waals surface area (Å²) >= 11 is 0. The van der Waals surface area contributed by atoms with E-state index in [0.29, 0.717) is 6.42 Å². The molecular weight excluding hydrogens is 212 g/mol. The molecule has 3 N–H and O–H groups in total. The van der Waals surface area contributed by atoms with Crippen LogP contribution in [-0.4, -0.2) is 11.2 Å². The molecule has 1 aromatic rings. The van der Waals surface area contributed by atoms with Crippen LogP contribution in [0.4, 0.5) is 8.78 Å². The minimum atomic E-state index is -0.791. The summed E-state index contributed by atoms with van der Waals surface area (Å²) in [5.74, 6) is -1.08. The van der Waals surface area contributed by atoms with Gasteiger partial charge < -0.3 is 10.8 Å². The molecule has 0 bridgehead atoms. The summed E-state index contributed by atoms with van der Waals surface area (Å²) in [4.78, 5) is 0. The van der Waals surface area contributed by atoms with Crippen LogP contribution in [0.15, 0.2) is 18.2 Å². The third-order valence-electron chi connectivity index (χ3n) is 2.40. The Morgan fingerprint density at radius 3 is 2.12 bits per heavy atom. The maximum atomic E-state index is 12.9. The average Bonchev–Trinajstić information content (AvgIpc) is 2.13. The second kappa shape index (κ2) is 5.37. The fraction of sp³-hybridized carbons (Fsp3) is 0.500. The predicted octanol–water partition coefficient (Wildman–Crippen LogP) is 2.37. The van der Waals surface area contributed by atoms with E-state index in [1.165, 1.54) is 0 Å². The quantitative estimate of drug-likeness (QED) is 0.832. The van der Waals surface area contributed by atoms with Crippen molar-refractivity contribution in [3.8, 4) is 0 Å². The molecular formula is C12H17F2NO. The standard InChI is InChI=1S/C12H17F2NO/c1-7(2)3-11(16)12(15)8-4-9(13)6-10(14)5-8/h4-7,11-12,16H,3,15H2,1-2H3/t11-,12+/m0/s1. The number of nitrogens with two attached hydrogens (primary N) is 1. The van der Waals surface area contributed by atoms with Crippen molar-refractivity contribution in [3.63, 3.8) is 0 Å². The zero-order chi connectivity index (χ0) is 12.3. The largest absolute Gasteiger partial charge is 0.391 e. The maximum absolute atomic E-state index is 12.9. The first-order valence-corrected chi connectivity index (χ1v) is 5.29. The molecule has 0 spiro atoms. The van der Waals surface area contributed by atoms with Crippen LogP contribution in [0, 0.1) is 17.6 Å². The van der Waals surface area contributed by atoms with Gasteiger partial charge in [-0.15, -0.1) is 0 Å². The number of benzene rings is 1. The molecule has 1 rings (SSSR count). The smallest absolute Gasteiger partial charge is 0.126 e. The zero-order valence-electron chi connectivity index (χ0n) is 9.45. The first kappa shape index (κ1) is 13.1. The van der Waals surface area contributed by atoms with Crippen LogP contribution in [-0.2, 0) is 0 Å². The number of hydrogen-bond donors (Lipinski definition) is 2. The van der Waals surface area contributed by atoms with Crippen LogP contribution >= 0.6 is 0 Å². The van der Waals surface area contributed by atoms with Crippen LogP contribution in [0.1, 0.15) is 31.9 Å². The van der Waals surface area contributed by atoms with Crippen molar-refractivity contribution in [1.82, 2.24) is 0 Å². The second-order valence-corrected chi connectivity index (χ2v) is 4.43. The maximum Gasteiger partial charge on any atom is 0.126 e. The molecule has 90 valence electrons. The van der Waals surface area contributed by atoms with Crippen molar-refractivity contribution < 1.29 is 13.9 Å². The molecule has 0 heterocycles. The van der Waals surface area contributed by atoms with Crippen molar-refractivity contribution >= 4 is 0 Å². The minimum Gasteiger partial charge on any atom is -0.391 e. The first-order valence-electron chi connectivity index (χ1n) is 5.29. The molecule has 0 radical (unpaired) electrons. The monoisotopic (exact) mass is 229 g/mol. The van der Waals surface area contributed by atoms with E-state index in [4.69, 9.17) is 5.73 Å². The van der Waals surface area contributed by atoms with Crippen molar-refractivity contribution in [3.05, 3.63) is 35.4 Å². The van der Waals surface area contributed by atoms with Crippen LogP contribution in [0.3, 0.4) is 0 Å². The SMILES string of the molecule is CC(C)C[C@H](O)[C@H](N)c1cc(F)cc(F)c1. The Morgan fingerprint density at radius 2 is 1.69 bits per heavy atom. The highest BCUT2D eigenvalue weighted by Crippen LogP contribution is 2.21. The lowest BCUT2D eigenvalue weighted by molar-refractivity contribution is 0.121. The molecule has 0 aliphatic carbocycles. The average molecular weight is 229 g/mol. The Bertz CT molecular complexity index is 335. The highest BCUT2D eigenvalue weighted by molar-refractivity contribution is 5.22. The van der Waals surface area contributed by atoms with Gasteiger partial charge in [0.25, 0.3) is 0 Å². The van der Waals surface area contributed by atoms with Crippen LogP contribution in [0.2, 0.25) is 0 Å². The lowest BCUT2D eigenvalue weighted by Crippen LogP contribution is -2.27. The normalized spacial score (nSPS) is 15.2. The molecule has 0 aromatic heterocycles. The molecule has 0 amide bonds. The Balaban J connectivity index is 2.82. The summed E-state index contributed by atoms with van der Waals surface area (Å²) in [6.45, 7) is 3.89. The summed E-state index contributed by atoms with van der Waals surface area (Å²) in [5.41, 5.74) is 6.02. The van der Waals surface area contributed by atoms with Gasteiger partial charge in [-0.25, -0.2) is 8.78 Å². The van der Waals surface area contributed by atoms with Crippen molar-refractivity contribution in [2.45, 2.75) is 32.4 Å². The van der Waals surface area contributed by atoms with Crippen LogP contribution < -0.4 is 5.73 Å². The fourth-order valence-corrected chi connectivity index (χ4v) is 1.62. The van der Waals surface area contributed by atoms with E-state index in [1.807, 2.05) is 13.8 Å². The van der Waals surface area contributed by atoms with Gasteiger partial charge in [-0.3, -0.25) is 0 Å². The van der Waals surface area contributed by atoms with E-state index in [9.17, 15) is 13.9 Å². The third-order valence-corrected chi connectivity index (χ3v) is 2.40. The number of rotatable bonds is 4. The number of hydrogen-bond acceptors (Lipinski definition) is 2. The van der Waals surface area contributed by atoms with Gasteiger partial charge >= 0.3 is 0 Å². The first-order chi connectivity index (χ1) is 7.40. The molecule has 1 aromatic carbocycles. The number of halogens is 2. The lowest BCUT2D eigenvalue weighted by Gasteiger charge is -2.20. The zero-order valence-corrected chi connectivity index (χ0v) is 9.45. The molecule has 2 nitrogen and oxygen atoms in total. The summed E-state index contributed by atoms with van der Waals surface area (Å²) in [7, 11) is 0. The Labute approximate surface area is 94.1 Å². The van der Waals surface area contributed by atoms with Crippen molar-refractivity contribution in [1.29, 1.82) is 0 Å². The van der Waals surface area contributed by atoms with E-state index in [2.05, 4.69) is 0 Å².